The van der Waals surface area contributed by atoms with Gasteiger partial charge in [0.1, 0.15) is 0 Å². The molecule has 0 saturated heterocycles. The predicted octanol–water partition coefficient (Wildman–Crippen LogP) is 3.81. The molecule has 0 fully saturated rings. The summed E-state index contributed by atoms with van der Waals surface area (Å²) < 4.78 is 22.8. The van der Waals surface area contributed by atoms with Gasteiger partial charge in [-0.05, 0) is 54.0 Å². The molecule has 0 saturated carbocycles. The molecule has 0 aromatic heterocycles. The molecule has 30 heavy (non-hydrogen) atoms. The van der Waals surface area contributed by atoms with E-state index in [-0.39, 0.29) is 10.8 Å². The van der Waals surface area contributed by atoms with Crippen molar-refractivity contribution in [1.82, 2.24) is 0 Å². The molecule has 0 radical (unpaired) electrons. The number of hydrazone groups is 1. The van der Waals surface area contributed by atoms with Crippen LogP contribution >= 0.6 is 0 Å². The number of rotatable bonds is 4. The first-order valence-electron chi connectivity index (χ1n) is 9.23. The van der Waals surface area contributed by atoms with Crippen molar-refractivity contribution in [2.45, 2.75) is 11.8 Å². The second kappa shape index (κ2) is 7.70. The Hall–Kier alpha value is -3.55. The lowest BCUT2D eigenvalue weighted by atomic mass is 10.0. The van der Waals surface area contributed by atoms with E-state index in [4.69, 9.17) is 5.14 Å². The van der Waals surface area contributed by atoms with Crippen LogP contribution in [-0.4, -0.2) is 20.0 Å². The van der Waals surface area contributed by atoms with Crippen LogP contribution in [0.3, 0.4) is 0 Å². The highest BCUT2D eigenvalue weighted by Gasteiger charge is 2.28. The molecule has 3 aromatic rings. The maximum Gasteiger partial charge on any atom is 0.280 e. The van der Waals surface area contributed by atoms with Gasteiger partial charge in [-0.3, -0.25) is 4.79 Å². The molecule has 7 heteroatoms. The molecule has 2 N–H and O–H groups in total. The van der Waals surface area contributed by atoms with E-state index in [1.807, 2.05) is 54.6 Å². The van der Waals surface area contributed by atoms with Crippen LogP contribution in [0.2, 0.25) is 0 Å². The minimum atomic E-state index is -3.79. The van der Waals surface area contributed by atoms with Gasteiger partial charge in [0, 0.05) is 0 Å². The molecule has 6 nitrogen and oxygen atoms in total. The zero-order valence-electron chi connectivity index (χ0n) is 16.2. The molecule has 0 unspecified atom stereocenters. The fourth-order valence-electron chi connectivity index (χ4n) is 3.21. The Balaban J connectivity index is 1.58. The molecule has 1 aliphatic heterocycles. The van der Waals surface area contributed by atoms with Crippen LogP contribution < -0.4 is 10.1 Å². The van der Waals surface area contributed by atoms with Gasteiger partial charge >= 0.3 is 0 Å². The first kappa shape index (κ1) is 19.8. The van der Waals surface area contributed by atoms with Crippen molar-refractivity contribution in [3.8, 4) is 11.1 Å². The van der Waals surface area contributed by atoms with Crippen molar-refractivity contribution < 1.29 is 13.2 Å². The van der Waals surface area contributed by atoms with Gasteiger partial charge in [-0.1, -0.05) is 54.6 Å². The Morgan fingerprint density at radius 1 is 0.867 bits per heavy atom. The van der Waals surface area contributed by atoms with Gasteiger partial charge < -0.3 is 0 Å². The summed E-state index contributed by atoms with van der Waals surface area (Å²) in [5, 5.41) is 10.7. The van der Waals surface area contributed by atoms with Crippen LogP contribution in [0.25, 0.3) is 17.2 Å². The number of hydrogen-bond acceptors (Lipinski definition) is 4. The third kappa shape index (κ3) is 3.94. The molecule has 0 atom stereocenters. The molecule has 3 aromatic carbocycles. The van der Waals surface area contributed by atoms with Gasteiger partial charge in [0.15, 0.2) is 0 Å². The Kier molecular flexibility index (Phi) is 5.07. The second-order valence-corrected chi connectivity index (χ2v) is 8.45. The van der Waals surface area contributed by atoms with E-state index in [0.717, 1.165) is 16.7 Å². The average Bonchev–Trinajstić information content (AvgIpc) is 3.03. The van der Waals surface area contributed by atoms with E-state index in [9.17, 15) is 13.2 Å². The number of hydrogen-bond donors (Lipinski definition) is 1. The van der Waals surface area contributed by atoms with E-state index >= 15 is 0 Å². The molecule has 1 aliphatic rings. The van der Waals surface area contributed by atoms with Crippen molar-refractivity contribution in [3.63, 3.8) is 0 Å². The van der Waals surface area contributed by atoms with E-state index in [0.29, 0.717) is 17.0 Å². The van der Waals surface area contributed by atoms with Crippen LogP contribution in [0, 0.1) is 0 Å². The molecule has 1 amide bonds. The number of anilines is 1. The lowest BCUT2D eigenvalue weighted by molar-refractivity contribution is -0.114. The molecule has 0 bridgehead atoms. The van der Waals surface area contributed by atoms with Crippen molar-refractivity contribution in [2.75, 3.05) is 5.01 Å². The maximum absolute atomic E-state index is 12.9. The molecule has 4 rings (SSSR count). The van der Waals surface area contributed by atoms with Gasteiger partial charge in [-0.25, -0.2) is 13.6 Å². The summed E-state index contributed by atoms with van der Waals surface area (Å²) in [7, 11) is -3.79. The number of carbonyl (C=O) groups excluding carboxylic acids is 1. The van der Waals surface area contributed by atoms with E-state index in [1.165, 1.54) is 29.3 Å². The van der Waals surface area contributed by atoms with Crippen molar-refractivity contribution in [2.24, 2.45) is 10.2 Å². The van der Waals surface area contributed by atoms with Gasteiger partial charge in [0.25, 0.3) is 5.91 Å². The summed E-state index contributed by atoms with van der Waals surface area (Å²) >= 11 is 0. The van der Waals surface area contributed by atoms with Crippen LogP contribution in [0.1, 0.15) is 12.5 Å². The standard InChI is InChI=1S/C23H19N3O3S/c1-16-22(15-17-7-9-19(10-8-17)18-5-3-2-4-6-18)23(27)26(25-16)20-11-13-21(14-12-20)30(24,28)29/h2-15H,1H3,(H2,24,28,29)/b22-15-. The highest BCUT2D eigenvalue weighted by atomic mass is 32.2. The van der Waals surface area contributed by atoms with E-state index in [1.54, 1.807) is 13.0 Å². The molecular formula is C23H19N3O3S. The van der Waals surface area contributed by atoms with Crippen molar-refractivity contribution >= 4 is 33.4 Å². The quantitative estimate of drug-likeness (QED) is 0.654. The minimum Gasteiger partial charge on any atom is -0.267 e. The minimum absolute atomic E-state index is 0.0205. The van der Waals surface area contributed by atoms with Crippen molar-refractivity contribution in [1.29, 1.82) is 0 Å². The summed E-state index contributed by atoms with van der Waals surface area (Å²) in [6, 6.07) is 23.7. The monoisotopic (exact) mass is 417 g/mol. The third-order valence-electron chi connectivity index (χ3n) is 4.80. The number of primary sulfonamides is 1. The second-order valence-electron chi connectivity index (χ2n) is 6.89. The highest BCUT2D eigenvalue weighted by molar-refractivity contribution is 7.89. The molecular weight excluding hydrogens is 398 g/mol. The van der Waals surface area contributed by atoms with Crippen molar-refractivity contribution in [3.05, 3.63) is 90.0 Å². The number of amides is 1. The number of carbonyl (C=O) groups is 1. The predicted molar refractivity (Wildman–Crippen MR) is 118 cm³/mol. The Morgan fingerprint density at radius 3 is 2.07 bits per heavy atom. The normalized spacial score (nSPS) is 15.5. The number of benzene rings is 3. The van der Waals surface area contributed by atoms with Gasteiger partial charge in [-0.15, -0.1) is 0 Å². The smallest absolute Gasteiger partial charge is 0.267 e. The fraction of sp³-hybridized carbons (Fsp3) is 0.0435. The van der Waals surface area contributed by atoms with E-state index < -0.39 is 10.0 Å². The number of nitrogens with zero attached hydrogens (tertiary/aromatic N) is 2. The Labute approximate surface area is 175 Å². The van der Waals surface area contributed by atoms with Crippen LogP contribution in [0.4, 0.5) is 5.69 Å². The summed E-state index contributed by atoms with van der Waals surface area (Å²) in [4.78, 5) is 12.9. The zero-order chi connectivity index (χ0) is 21.3. The first-order chi connectivity index (χ1) is 14.3. The maximum atomic E-state index is 12.9. The Bertz CT molecular complexity index is 1260. The lowest BCUT2D eigenvalue weighted by Crippen LogP contribution is -2.21. The summed E-state index contributed by atoms with van der Waals surface area (Å²) in [5.41, 5.74) is 4.65. The highest BCUT2D eigenvalue weighted by Crippen LogP contribution is 2.26. The van der Waals surface area contributed by atoms with Gasteiger partial charge in [-0.2, -0.15) is 10.1 Å². The molecule has 0 spiro atoms. The SMILES string of the molecule is CC1=NN(c2ccc(S(N)(=O)=O)cc2)C(=O)/C1=C\c1ccc(-c2ccccc2)cc1. The first-order valence-corrected chi connectivity index (χ1v) is 10.8. The zero-order valence-corrected chi connectivity index (χ0v) is 17.0. The largest absolute Gasteiger partial charge is 0.280 e. The van der Waals surface area contributed by atoms with Gasteiger partial charge in [0.2, 0.25) is 10.0 Å². The molecule has 150 valence electrons. The van der Waals surface area contributed by atoms with Crippen LogP contribution in [0.5, 0.6) is 0 Å². The van der Waals surface area contributed by atoms with Gasteiger partial charge in [0.05, 0.1) is 21.9 Å². The number of nitrogens with two attached hydrogens (primary N) is 1. The fourth-order valence-corrected chi connectivity index (χ4v) is 3.72. The van der Waals surface area contributed by atoms with E-state index in [2.05, 4.69) is 5.10 Å². The Morgan fingerprint density at radius 2 is 1.47 bits per heavy atom. The topological polar surface area (TPSA) is 92.8 Å². The molecule has 1 heterocycles. The molecule has 0 aliphatic carbocycles. The number of sulfonamides is 1. The van der Waals surface area contributed by atoms with Crippen LogP contribution in [0.15, 0.2) is 94.4 Å². The summed E-state index contributed by atoms with van der Waals surface area (Å²) in [6.07, 6.45) is 1.80. The lowest BCUT2D eigenvalue weighted by Gasteiger charge is -2.12. The average molecular weight is 417 g/mol. The summed E-state index contributed by atoms with van der Waals surface area (Å²) in [5.74, 6) is -0.275. The van der Waals surface area contributed by atoms with Crippen LogP contribution in [-0.2, 0) is 14.8 Å². The summed E-state index contributed by atoms with van der Waals surface area (Å²) in [6.45, 7) is 1.76. The third-order valence-corrected chi connectivity index (χ3v) is 5.73.